The Bertz CT molecular complexity index is 530. The largest absolute Gasteiger partial charge is 0.497 e. The molecule has 0 aliphatic carbocycles. The molecule has 0 radical (unpaired) electrons. The maximum Gasteiger partial charge on any atom is 0.119 e. The molecule has 0 amide bonds. The monoisotopic (exact) mass is 296 g/mol. The first kappa shape index (κ1) is 14.3. The molecule has 0 saturated heterocycles. The Kier molecular flexibility index (Phi) is 5.19. The van der Waals surface area contributed by atoms with Crippen LogP contribution in [0.4, 0.5) is 0 Å². The number of halogens is 1. The van der Waals surface area contributed by atoms with Gasteiger partial charge in [-0.25, -0.2) is 4.98 Å². The predicted molar refractivity (Wildman–Crippen MR) is 79.8 cm³/mol. The molecule has 19 heavy (non-hydrogen) atoms. The lowest BCUT2D eigenvalue weighted by molar-refractivity contribution is 0.317. The molecule has 3 nitrogen and oxygen atoms in total. The highest BCUT2D eigenvalue weighted by atomic mass is 35.5. The van der Waals surface area contributed by atoms with Gasteiger partial charge in [-0.05, 0) is 24.7 Å². The molecule has 0 bridgehead atoms. The summed E-state index contributed by atoms with van der Waals surface area (Å²) in [6.45, 7) is 1.70. The third-order valence-corrected chi connectivity index (χ3v) is 3.88. The smallest absolute Gasteiger partial charge is 0.119 e. The fraction of sp³-hybridized carbons (Fsp3) is 0.357. The van der Waals surface area contributed by atoms with Crippen molar-refractivity contribution in [3.63, 3.8) is 0 Å². The molecule has 2 aromatic rings. The van der Waals surface area contributed by atoms with Crippen LogP contribution in [0.2, 0.25) is 0 Å². The second-order valence-electron chi connectivity index (χ2n) is 4.39. The van der Waals surface area contributed by atoms with E-state index in [9.17, 15) is 0 Å². The van der Waals surface area contributed by atoms with Crippen LogP contribution in [0.15, 0.2) is 29.6 Å². The van der Waals surface area contributed by atoms with Gasteiger partial charge < -0.3 is 4.74 Å². The van der Waals surface area contributed by atoms with Crippen LogP contribution < -0.4 is 4.74 Å². The number of alkyl halides is 1. The average Bonchev–Trinajstić information content (AvgIpc) is 2.86. The van der Waals surface area contributed by atoms with Crippen LogP contribution in [-0.4, -0.2) is 24.0 Å². The van der Waals surface area contributed by atoms with Gasteiger partial charge in [-0.3, -0.25) is 4.90 Å². The summed E-state index contributed by atoms with van der Waals surface area (Å²) in [6, 6.07) is 8.13. The van der Waals surface area contributed by atoms with E-state index < -0.39 is 0 Å². The van der Waals surface area contributed by atoms with E-state index in [-0.39, 0.29) is 0 Å². The minimum absolute atomic E-state index is 0.482. The number of thiazole rings is 1. The van der Waals surface area contributed by atoms with Gasteiger partial charge in [0.1, 0.15) is 10.8 Å². The summed E-state index contributed by atoms with van der Waals surface area (Å²) in [6.07, 6.45) is 0. The highest BCUT2D eigenvalue weighted by molar-refractivity contribution is 7.09. The number of rotatable bonds is 6. The maximum atomic E-state index is 5.76. The molecule has 0 unspecified atom stereocenters. The van der Waals surface area contributed by atoms with Gasteiger partial charge in [0.2, 0.25) is 0 Å². The lowest BCUT2D eigenvalue weighted by atomic mass is 10.2. The van der Waals surface area contributed by atoms with E-state index >= 15 is 0 Å². The molecule has 1 aromatic carbocycles. The summed E-state index contributed by atoms with van der Waals surface area (Å²) < 4.78 is 5.23. The summed E-state index contributed by atoms with van der Waals surface area (Å²) in [7, 11) is 3.77. The molecule has 102 valence electrons. The number of methoxy groups -OCH3 is 1. The van der Waals surface area contributed by atoms with Crippen molar-refractivity contribution in [1.29, 1.82) is 0 Å². The zero-order valence-corrected chi connectivity index (χ0v) is 12.7. The fourth-order valence-electron chi connectivity index (χ4n) is 1.85. The fourth-order valence-corrected chi connectivity index (χ4v) is 2.95. The van der Waals surface area contributed by atoms with Crippen LogP contribution in [0.25, 0.3) is 0 Å². The summed E-state index contributed by atoms with van der Waals surface area (Å²) in [5.74, 6) is 1.38. The second kappa shape index (κ2) is 6.89. The Morgan fingerprint density at radius 3 is 2.89 bits per heavy atom. The molecule has 1 heterocycles. The zero-order valence-electron chi connectivity index (χ0n) is 11.1. The number of ether oxygens (including phenoxy) is 1. The molecular formula is C14H17ClN2OS. The molecule has 5 heteroatoms. The predicted octanol–water partition coefficient (Wildman–Crippen LogP) is 3.52. The Labute approximate surface area is 122 Å². The van der Waals surface area contributed by atoms with Gasteiger partial charge in [-0.15, -0.1) is 22.9 Å². The van der Waals surface area contributed by atoms with E-state index in [1.54, 1.807) is 18.4 Å². The van der Waals surface area contributed by atoms with Gasteiger partial charge >= 0.3 is 0 Å². The topological polar surface area (TPSA) is 25.4 Å². The normalized spacial score (nSPS) is 10.9. The quantitative estimate of drug-likeness (QED) is 0.763. The van der Waals surface area contributed by atoms with Crippen molar-refractivity contribution < 1.29 is 4.74 Å². The van der Waals surface area contributed by atoms with Crippen molar-refractivity contribution in [3.8, 4) is 5.75 Å². The van der Waals surface area contributed by atoms with Gasteiger partial charge in [-0.2, -0.15) is 0 Å². The van der Waals surface area contributed by atoms with Crippen molar-refractivity contribution in [2.24, 2.45) is 0 Å². The van der Waals surface area contributed by atoms with Crippen molar-refractivity contribution in [2.75, 3.05) is 14.2 Å². The number of hydrogen-bond donors (Lipinski definition) is 0. The van der Waals surface area contributed by atoms with Crippen molar-refractivity contribution in [1.82, 2.24) is 9.88 Å². The zero-order chi connectivity index (χ0) is 13.7. The van der Waals surface area contributed by atoms with Crippen LogP contribution in [-0.2, 0) is 19.0 Å². The van der Waals surface area contributed by atoms with Gasteiger partial charge in [0.05, 0.1) is 25.2 Å². The minimum atomic E-state index is 0.482. The molecule has 0 atom stereocenters. The molecule has 1 aromatic heterocycles. The first-order valence-electron chi connectivity index (χ1n) is 6.02. The third-order valence-electron chi connectivity index (χ3n) is 2.73. The van der Waals surface area contributed by atoms with Crippen LogP contribution in [0.3, 0.4) is 0 Å². The Balaban J connectivity index is 1.94. The molecule has 0 aliphatic rings. The lowest BCUT2D eigenvalue weighted by Gasteiger charge is -2.15. The number of hydrogen-bond acceptors (Lipinski definition) is 4. The number of nitrogens with zero attached hydrogens (tertiary/aromatic N) is 2. The van der Waals surface area contributed by atoms with E-state index in [1.807, 2.05) is 17.5 Å². The van der Waals surface area contributed by atoms with Gasteiger partial charge in [0, 0.05) is 11.9 Å². The summed E-state index contributed by atoms with van der Waals surface area (Å²) in [5.41, 5.74) is 2.19. The van der Waals surface area contributed by atoms with Crippen LogP contribution >= 0.6 is 22.9 Å². The molecule has 0 saturated carbocycles. The third kappa shape index (κ3) is 4.20. The van der Waals surface area contributed by atoms with E-state index in [2.05, 4.69) is 29.1 Å². The first-order chi connectivity index (χ1) is 9.21. The van der Waals surface area contributed by atoms with Crippen molar-refractivity contribution in [3.05, 3.63) is 45.9 Å². The second-order valence-corrected chi connectivity index (χ2v) is 5.60. The highest BCUT2D eigenvalue weighted by Gasteiger charge is 2.06. The lowest BCUT2D eigenvalue weighted by Crippen LogP contribution is -2.17. The Morgan fingerprint density at radius 1 is 1.37 bits per heavy atom. The summed E-state index contributed by atoms with van der Waals surface area (Å²) in [5, 5.41) is 3.11. The first-order valence-corrected chi connectivity index (χ1v) is 7.43. The van der Waals surface area contributed by atoms with Crippen LogP contribution in [0.5, 0.6) is 5.75 Å². The van der Waals surface area contributed by atoms with Crippen molar-refractivity contribution in [2.45, 2.75) is 19.0 Å². The molecule has 0 spiro atoms. The standard InChI is InChI=1S/C14H17ClN2OS/c1-17(9-14-16-12(7-15)10-19-14)8-11-4-3-5-13(6-11)18-2/h3-6,10H,7-9H2,1-2H3. The number of benzene rings is 1. The minimum Gasteiger partial charge on any atom is -0.497 e. The Hall–Kier alpha value is -1.10. The van der Waals surface area contributed by atoms with E-state index in [4.69, 9.17) is 16.3 Å². The Morgan fingerprint density at radius 2 is 2.21 bits per heavy atom. The molecule has 2 rings (SSSR count). The van der Waals surface area contributed by atoms with E-state index in [1.165, 1.54) is 5.56 Å². The highest BCUT2D eigenvalue weighted by Crippen LogP contribution is 2.17. The maximum absolute atomic E-state index is 5.76. The molecular weight excluding hydrogens is 280 g/mol. The molecule has 0 N–H and O–H groups in total. The molecule has 0 fully saturated rings. The summed E-state index contributed by atoms with van der Waals surface area (Å²) in [4.78, 5) is 6.69. The van der Waals surface area contributed by atoms with Gasteiger partial charge in [0.15, 0.2) is 0 Å². The van der Waals surface area contributed by atoms with Crippen LogP contribution in [0, 0.1) is 0 Å². The van der Waals surface area contributed by atoms with Crippen LogP contribution in [0.1, 0.15) is 16.3 Å². The van der Waals surface area contributed by atoms with Gasteiger partial charge in [0.25, 0.3) is 0 Å². The SMILES string of the molecule is COc1cccc(CN(C)Cc2nc(CCl)cs2)c1. The molecule has 0 aliphatic heterocycles. The van der Waals surface area contributed by atoms with E-state index in [0.29, 0.717) is 5.88 Å². The number of aromatic nitrogens is 1. The van der Waals surface area contributed by atoms with Gasteiger partial charge in [-0.1, -0.05) is 12.1 Å². The van der Waals surface area contributed by atoms with E-state index in [0.717, 1.165) is 29.5 Å². The average molecular weight is 297 g/mol. The summed E-state index contributed by atoms with van der Waals surface area (Å²) >= 11 is 7.42. The van der Waals surface area contributed by atoms with Crippen molar-refractivity contribution >= 4 is 22.9 Å².